The zero-order valence-corrected chi connectivity index (χ0v) is 10.4. The summed E-state index contributed by atoms with van der Waals surface area (Å²) in [4.78, 5) is 14.1. The second-order valence-corrected chi connectivity index (χ2v) is 4.85. The first-order chi connectivity index (χ1) is 7.52. The number of nitrogen functional groups attached to an aromatic ring is 1. The van der Waals surface area contributed by atoms with Crippen molar-refractivity contribution < 1.29 is 4.79 Å². The van der Waals surface area contributed by atoms with Gasteiger partial charge in [0.15, 0.2) is 0 Å². The van der Waals surface area contributed by atoms with Gasteiger partial charge in [-0.2, -0.15) is 0 Å². The van der Waals surface area contributed by atoms with Gasteiger partial charge in [0.25, 0.3) is 0 Å². The third kappa shape index (κ3) is 3.43. The minimum absolute atomic E-state index is 0.431. The number of anilines is 1. The number of carbonyl (C=O) groups is 1. The van der Waals surface area contributed by atoms with E-state index in [1.807, 2.05) is 14.1 Å². The van der Waals surface area contributed by atoms with Crippen LogP contribution in [-0.4, -0.2) is 37.2 Å². The van der Waals surface area contributed by atoms with Crippen molar-refractivity contribution in [1.29, 1.82) is 0 Å². The molecule has 0 bridgehead atoms. The van der Waals surface area contributed by atoms with Crippen LogP contribution in [-0.2, 0) is 0 Å². The lowest BCUT2D eigenvalue weighted by atomic mass is 10.2. The van der Waals surface area contributed by atoms with Crippen molar-refractivity contribution in [3.05, 3.63) is 23.8 Å². The fraction of sp³-hybridized carbons (Fsp3) is 0.364. The molecule has 0 aliphatic carbocycles. The normalized spacial score (nSPS) is 10.7. The van der Waals surface area contributed by atoms with Gasteiger partial charge in [-0.25, -0.2) is 0 Å². The molecule has 0 fully saturated rings. The molecule has 4 nitrogen and oxygen atoms in total. The average molecular weight is 239 g/mol. The Hall–Kier alpha value is -1.20. The largest absolute Gasteiger partial charge is 0.398 e. The standard InChI is InChI=1S/C11H17N3OS/c1-14(2)6-7-16-10-8(11(13)15)4-3-5-9(10)12/h3-5H,6-7,12H2,1-2H3,(H2,13,15). The van der Waals surface area contributed by atoms with Crippen LogP contribution in [0.5, 0.6) is 0 Å². The van der Waals surface area contributed by atoms with E-state index in [1.54, 1.807) is 30.0 Å². The summed E-state index contributed by atoms with van der Waals surface area (Å²) >= 11 is 1.56. The molecular formula is C11H17N3OS. The molecule has 0 atom stereocenters. The molecule has 0 aliphatic heterocycles. The van der Waals surface area contributed by atoms with E-state index in [1.165, 1.54) is 0 Å². The third-order valence-electron chi connectivity index (χ3n) is 2.10. The van der Waals surface area contributed by atoms with Crippen LogP contribution >= 0.6 is 11.8 Å². The molecule has 88 valence electrons. The number of primary amides is 1. The summed E-state index contributed by atoms with van der Waals surface area (Å²) in [6.45, 7) is 0.928. The van der Waals surface area contributed by atoms with Crippen molar-refractivity contribution in [2.75, 3.05) is 32.1 Å². The highest BCUT2D eigenvalue weighted by molar-refractivity contribution is 7.99. The summed E-state index contributed by atoms with van der Waals surface area (Å²) in [6, 6.07) is 5.23. The van der Waals surface area contributed by atoms with E-state index in [9.17, 15) is 4.79 Å². The fourth-order valence-electron chi connectivity index (χ4n) is 1.24. The van der Waals surface area contributed by atoms with Gasteiger partial charge >= 0.3 is 0 Å². The summed E-state index contributed by atoms with van der Waals surface area (Å²) in [6.07, 6.45) is 0. The SMILES string of the molecule is CN(C)CCSc1c(N)cccc1C(N)=O. The molecule has 0 saturated carbocycles. The summed E-state index contributed by atoms with van der Waals surface area (Å²) in [5, 5.41) is 0. The molecule has 0 spiro atoms. The number of thioether (sulfide) groups is 1. The first-order valence-electron chi connectivity index (χ1n) is 4.98. The Labute approximate surface area is 100.0 Å². The second-order valence-electron chi connectivity index (χ2n) is 3.74. The molecule has 0 heterocycles. The van der Waals surface area contributed by atoms with Crippen LogP contribution in [0, 0.1) is 0 Å². The maximum absolute atomic E-state index is 11.2. The van der Waals surface area contributed by atoms with Crippen LogP contribution in [0.25, 0.3) is 0 Å². The molecule has 1 rings (SSSR count). The van der Waals surface area contributed by atoms with Crippen LogP contribution in [0.2, 0.25) is 0 Å². The van der Waals surface area contributed by atoms with Crippen LogP contribution in [0.15, 0.2) is 23.1 Å². The van der Waals surface area contributed by atoms with E-state index < -0.39 is 5.91 Å². The molecular weight excluding hydrogens is 222 g/mol. The average Bonchev–Trinajstić information content (AvgIpc) is 2.19. The highest BCUT2D eigenvalue weighted by atomic mass is 32.2. The molecule has 0 aliphatic rings. The molecule has 0 unspecified atom stereocenters. The predicted octanol–water partition coefficient (Wildman–Crippen LogP) is 1.02. The molecule has 1 aromatic carbocycles. The van der Waals surface area contributed by atoms with E-state index >= 15 is 0 Å². The van der Waals surface area contributed by atoms with E-state index in [4.69, 9.17) is 11.5 Å². The highest BCUT2D eigenvalue weighted by Crippen LogP contribution is 2.28. The monoisotopic (exact) mass is 239 g/mol. The van der Waals surface area contributed by atoms with Gasteiger partial charge < -0.3 is 16.4 Å². The van der Waals surface area contributed by atoms with Gasteiger partial charge in [0.2, 0.25) is 5.91 Å². The minimum Gasteiger partial charge on any atom is -0.398 e. The summed E-state index contributed by atoms with van der Waals surface area (Å²) in [5.74, 6) is 0.446. The number of hydrogen-bond donors (Lipinski definition) is 2. The smallest absolute Gasteiger partial charge is 0.249 e. The highest BCUT2D eigenvalue weighted by Gasteiger charge is 2.11. The Kier molecular flexibility index (Phi) is 4.64. The molecule has 1 aromatic rings. The lowest BCUT2D eigenvalue weighted by Gasteiger charge is -2.12. The number of rotatable bonds is 5. The van der Waals surface area contributed by atoms with E-state index in [-0.39, 0.29) is 0 Å². The van der Waals surface area contributed by atoms with Crippen LogP contribution < -0.4 is 11.5 Å². The zero-order valence-electron chi connectivity index (χ0n) is 9.56. The molecule has 16 heavy (non-hydrogen) atoms. The van der Waals surface area contributed by atoms with E-state index in [2.05, 4.69) is 4.90 Å². The zero-order chi connectivity index (χ0) is 12.1. The number of amides is 1. The summed E-state index contributed by atoms with van der Waals surface area (Å²) in [5.41, 5.74) is 12.2. The van der Waals surface area contributed by atoms with E-state index in [0.29, 0.717) is 11.3 Å². The Morgan fingerprint density at radius 3 is 2.69 bits per heavy atom. The minimum atomic E-state index is -0.431. The maximum atomic E-state index is 11.2. The van der Waals surface area contributed by atoms with Crippen LogP contribution in [0.4, 0.5) is 5.69 Å². The van der Waals surface area contributed by atoms with Crippen molar-refractivity contribution in [3.8, 4) is 0 Å². The quantitative estimate of drug-likeness (QED) is 0.594. The number of benzene rings is 1. The molecule has 0 saturated heterocycles. The Morgan fingerprint density at radius 1 is 1.44 bits per heavy atom. The van der Waals surface area contributed by atoms with Crippen LogP contribution in [0.1, 0.15) is 10.4 Å². The molecule has 0 radical (unpaired) electrons. The maximum Gasteiger partial charge on any atom is 0.249 e. The Bertz CT molecular complexity index is 379. The Morgan fingerprint density at radius 2 is 2.12 bits per heavy atom. The molecule has 1 amide bonds. The van der Waals surface area contributed by atoms with Gasteiger partial charge in [-0.15, -0.1) is 11.8 Å². The number of carbonyl (C=O) groups excluding carboxylic acids is 1. The van der Waals surface area contributed by atoms with Crippen molar-refractivity contribution in [2.45, 2.75) is 4.90 Å². The van der Waals surface area contributed by atoms with Crippen molar-refractivity contribution >= 4 is 23.4 Å². The van der Waals surface area contributed by atoms with Crippen molar-refractivity contribution in [1.82, 2.24) is 4.90 Å². The summed E-state index contributed by atoms with van der Waals surface area (Å²) < 4.78 is 0. The van der Waals surface area contributed by atoms with Crippen LogP contribution in [0.3, 0.4) is 0 Å². The number of nitrogens with zero attached hydrogens (tertiary/aromatic N) is 1. The first-order valence-corrected chi connectivity index (χ1v) is 5.96. The second kappa shape index (κ2) is 5.77. The topological polar surface area (TPSA) is 72.3 Å². The molecule has 4 N–H and O–H groups in total. The molecule has 5 heteroatoms. The lowest BCUT2D eigenvalue weighted by molar-refractivity contribution is 0.0997. The van der Waals surface area contributed by atoms with E-state index in [0.717, 1.165) is 17.2 Å². The number of hydrogen-bond acceptors (Lipinski definition) is 4. The van der Waals surface area contributed by atoms with Gasteiger partial charge in [-0.05, 0) is 26.2 Å². The third-order valence-corrected chi connectivity index (χ3v) is 3.23. The van der Waals surface area contributed by atoms with Gasteiger partial charge in [-0.3, -0.25) is 4.79 Å². The summed E-state index contributed by atoms with van der Waals surface area (Å²) in [7, 11) is 4.01. The lowest BCUT2D eigenvalue weighted by Crippen LogP contribution is -2.16. The van der Waals surface area contributed by atoms with Gasteiger partial charge in [0.05, 0.1) is 5.56 Å². The number of nitrogens with two attached hydrogens (primary N) is 2. The predicted molar refractivity (Wildman–Crippen MR) is 68.7 cm³/mol. The van der Waals surface area contributed by atoms with Crippen molar-refractivity contribution in [2.24, 2.45) is 5.73 Å². The van der Waals surface area contributed by atoms with Gasteiger partial charge in [0, 0.05) is 22.9 Å². The van der Waals surface area contributed by atoms with Gasteiger partial charge in [-0.1, -0.05) is 6.07 Å². The first kappa shape index (κ1) is 12.9. The molecule has 0 aromatic heterocycles. The van der Waals surface area contributed by atoms with Gasteiger partial charge in [0.1, 0.15) is 0 Å². The fourth-order valence-corrected chi connectivity index (χ4v) is 2.46. The van der Waals surface area contributed by atoms with Crippen molar-refractivity contribution in [3.63, 3.8) is 0 Å². The Balaban J connectivity index is 2.80.